The molecule has 0 radical (unpaired) electrons. The first-order valence-corrected chi connectivity index (χ1v) is 6.58. The molecule has 0 unspecified atom stereocenters. The fourth-order valence-corrected chi connectivity index (χ4v) is 2.76. The maximum atomic E-state index is 12.5. The van der Waals surface area contributed by atoms with Gasteiger partial charge in [0.15, 0.2) is 0 Å². The zero-order valence-electron chi connectivity index (χ0n) is 11.6. The summed E-state index contributed by atoms with van der Waals surface area (Å²) >= 11 is 0. The maximum Gasteiger partial charge on any atom is 0.256 e. The highest BCUT2D eigenvalue weighted by atomic mass is 16.3. The van der Waals surface area contributed by atoms with Crippen molar-refractivity contribution in [2.45, 2.75) is 46.1 Å². The minimum atomic E-state index is -0.363. The summed E-state index contributed by atoms with van der Waals surface area (Å²) in [5.74, 6) is 0.430. The number of rotatable bonds is 2. The van der Waals surface area contributed by atoms with Crippen LogP contribution in [0.5, 0.6) is 0 Å². The average molecular weight is 250 g/mol. The molecule has 4 heteroatoms. The van der Waals surface area contributed by atoms with Crippen LogP contribution >= 0.6 is 0 Å². The van der Waals surface area contributed by atoms with E-state index in [9.17, 15) is 9.90 Å². The van der Waals surface area contributed by atoms with Crippen LogP contribution in [0, 0.1) is 13.8 Å². The molecule has 2 heterocycles. The van der Waals surface area contributed by atoms with Crippen molar-refractivity contribution in [3.63, 3.8) is 0 Å². The van der Waals surface area contributed by atoms with Crippen LogP contribution in [0.1, 0.15) is 53.5 Å². The number of nitrogens with one attached hydrogen (secondary N) is 1. The van der Waals surface area contributed by atoms with E-state index in [1.165, 1.54) is 0 Å². The Hall–Kier alpha value is -1.29. The molecule has 2 N–H and O–H groups in total. The monoisotopic (exact) mass is 250 g/mol. The number of likely N-dealkylation sites (tertiary alicyclic amines) is 1. The second kappa shape index (κ2) is 4.76. The highest BCUT2D eigenvalue weighted by molar-refractivity contribution is 5.97. The van der Waals surface area contributed by atoms with E-state index in [1.54, 1.807) is 4.90 Å². The maximum absolute atomic E-state index is 12.5. The van der Waals surface area contributed by atoms with Crippen molar-refractivity contribution < 1.29 is 9.90 Å². The zero-order valence-corrected chi connectivity index (χ0v) is 11.6. The third kappa shape index (κ3) is 2.17. The molecule has 4 nitrogen and oxygen atoms in total. The minimum absolute atomic E-state index is 0.0460. The number of aromatic amines is 1. The summed E-state index contributed by atoms with van der Waals surface area (Å²) in [6.07, 6.45) is 0.323. The van der Waals surface area contributed by atoms with E-state index < -0.39 is 0 Å². The zero-order chi connectivity index (χ0) is 13.4. The van der Waals surface area contributed by atoms with Crippen molar-refractivity contribution in [2.75, 3.05) is 13.1 Å². The molecule has 1 aromatic rings. The van der Waals surface area contributed by atoms with E-state index in [2.05, 4.69) is 18.8 Å². The van der Waals surface area contributed by atoms with Gasteiger partial charge >= 0.3 is 0 Å². The van der Waals surface area contributed by atoms with Crippen molar-refractivity contribution in [2.24, 2.45) is 0 Å². The molecule has 1 amide bonds. The summed E-state index contributed by atoms with van der Waals surface area (Å²) in [4.78, 5) is 17.5. The molecule has 0 spiro atoms. The number of carbonyl (C=O) groups excluding carboxylic acids is 1. The van der Waals surface area contributed by atoms with Crippen molar-refractivity contribution in [3.8, 4) is 0 Å². The number of aromatic nitrogens is 1. The normalized spacial score (nSPS) is 19.9. The molecule has 18 heavy (non-hydrogen) atoms. The fourth-order valence-electron chi connectivity index (χ4n) is 2.76. The first-order valence-electron chi connectivity index (χ1n) is 6.58. The topological polar surface area (TPSA) is 56.3 Å². The van der Waals surface area contributed by atoms with Crippen molar-refractivity contribution in [3.05, 3.63) is 22.5 Å². The lowest BCUT2D eigenvalue weighted by molar-refractivity contribution is 0.0763. The summed E-state index contributed by atoms with van der Waals surface area (Å²) < 4.78 is 0. The number of β-amino-alcohol motifs (C(OH)–C–C–N with tert-alkyl or cyclic N) is 1. The van der Waals surface area contributed by atoms with Crippen LogP contribution in [0.4, 0.5) is 0 Å². The van der Waals surface area contributed by atoms with E-state index in [0.717, 1.165) is 22.5 Å². The Bertz CT molecular complexity index is 463. The van der Waals surface area contributed by atoms with Gasteiger partial charge in [0, 0.05) is 24.5 Å². The molecule has 100 valence electrons. The van der Waals surface area contributed by atoms with Crippen LogP contribution < -0.4 is 0 Å². The Balaban J connectivity index is 2.31. The molecule has 1 fully saturated rings. The number of hydrogen-bond donors (Lipinski definition) is 2. The smallest absolute Gasteiger partial charge is 0.256 e. The van der Waals surface area contributed by atoms with Gasteiger partial charge in [0.1, 0.15) is 0 Å². The molecule has 1 saturated heterocycles. The van der Waals surface area contributed by atoms with Crippen LogP contribution in [0.3, 0.4) is 0 Å². The van der Waals surface area contributed by atoms with Crippen LogP contribution in [-0.4, -0.2) is 40.1 Å². The van der Waals surface area contributed by atoms with Gasteiger partial charge < -0.3 is 15.0 Å². The lowest BCUT2D eigenvalue weighted by Gasteiger charge is -2.16. The highest BCUT2D eigenvalue weighted by Crippen LogP contribution is 2.26. The first-order chi connectivity index (χ1) is 8.41. The standard InChI is InChI=1S/C14H22N2O2/c1-8(2)13-9(3)12(10(4)15-13)14(18)16-6-5-11(17)7-16/h8,11,15,17H,5-7H2,1-4H3/t11-/m0/s1. The number of aliphatic hydroxyl groups is 1. The van der Waals surface area contributed by atoms with Crippen molar-refractivity contribution in [1.29, 1.82) is 0 Å². The van der Waals surface area contributed by atoms with Crippen molar-refractivity contribution in [1.82, 2.24) is 9.88 Å². The van der Waals surface area contributed by atoms with Gasteiger partial charge in [-0.2, -0.15) is 0 Å². The van der Waals surface area contributed by atoms with E-state index in [1.807, 2.05) is 13.8 Å². The number of aliphatic hydroxyl groups excluding tert-OH is 1. The van der Waals surface area contributed by atoms with Gasteiger partial charge in [-0.05, 0) is 31.7 Å². The molecule has 0 bridgehead atoms. The Morgan fingerprint density at radius 1 is 1.44 bits per heavy atom. The summed E-state index contributed by atoms with van der Waals surface area (Å²) in [6, 6.07) is 0. The van der Waals surface area contributed by atoms with Gasteiger partial charge in [-0.15, -0.1) is 0 Å². The number of aryl methyl sites for hydroxylation is 1. The Kier molecular flexibility index (Phi) is 3.48. The number of nitrogens with zero attached hydrogens (tertiary/aromatic N) is 1. The van der Waals surface area contributed by atoms with E-state index in [0.29, 0.717) is 25.4 Å². The van der Waals surface area contributed by atoms with E-state index >= 15 is 0 Å². The van der Waals surface area contributed by atoms with Gasteiger partial charge in [-0.25, -0.2) is 0 Å². The van der Waals surface area contributed by atoms with Crippen LogP contribution in [-0.2, 0) is 0 Å². The average Bonchev–Trinajstić information content (AvgIpc) is 2.83. The summed E-state index contributed by atoms with van der Waals surface area (Å²) in [5.41, 5.74) is 3.90. The van der Waals surface area contributed by atoms with Crippen LogP contribution in [0.2, 0.25) is 0 Å². The molecule has 1 aliphatic rings. The fraction of sp³-hybridized carbons (Fsp3) is 0.643. The predicted molar refractivity (Wildman–Crippen MR) is 70.9 cm³/mol. The van der Waals surface area contributed by atoms with Crippen molar-refractivity contribution >= 4 is 5.91 Å². The Labute approximate surface area is 108 Å². The Morgan fingerprint density at radius 3 is 2.56 bits per heavy atom. The molecule has 1 aromatic heterocycles. The largest absolute Gasteiger partial charge is 0.391 e. The lowest BCUT2D eigenvalue weighted by atomic mass is 10.0. The molecule has 1 aliphatic heterocycles. The second-order valence-electron chi connectivity index (χ2n) is 5.51. The minimum Gasteiger partial charge on any atom is -0.391 e. The molecule has 0 saturated carbocycles. The third-order valence-electron chi connectivity index (χ3n) is 3.72. The molecule has 0 aromatic carbocycles. The molecule has 2 rings (SSSR count). The number of amides is 1. The molecule has 0 aliphatic carbocycles. The Morgan fingerprint density at radius 2 is 2.11 bits per heavy atom. The summed E-state index contributed by atoms with van der Waals surface area (Å²) in [5, 5.41) is 9.53. The summed E-state index contributed by atoms with van der Waals surface area (Å²) in [7, 11) is 0. The predicted octanol–water partition coefficient (Wildman–Crippen LogP) is 1.96. The lowest BCUT2D eigenvalue weighted by Crippen LogP contribution is -2.30. The van der Waals surface area contributed by atoms with Gasteiger partial charge in [0.05, 0.1) is 11.7 Å². The first kappa shape index (κ1) is 13.1. The van der Waals surface area contributed by atoms with E-state index in [4.69, 9.17) is 0 Å². The SMILES string of the molecule is Cc1[nH]c(C(C)C)c(C)c1C(=O)N1CC[C@H](O)C1. The second-order valence-corrected chi connectivity index (χ2v) is 5.51. The third-order valence-corrected chi connectivity index (χ3v) is 3.72. The molecule has 1 atom stereocenters. The number of carbonyl (C=O) groups is 1. The van der Waals surface area contributed by atoms with E-state index in [-0.39, 0.29) is 12.0 Å². The molecular formula is C14H22N2O2. The summed E-state index contributed by atoms with van der Waals surface area (Å²) in [6.45, 7) is 9.29. The quantitative estimate of drug-likeness (QED) is 0.843. The van der Waals surface area contributed by atoms with Gasteiger partial charge in [-0.1, -0.05) is 13.8 Å². The van der Waals surface area contributed by atoms with Crippen LogP contribution in [0.15, 0.2) is 0 Å². The number of hydrogen-bond acceptors (Lipinski definition) is 2. The van der Waals surface area contributed by atoms with Gasteiger partial charge in [0.2, 0.25) is 0 Å². The highest BCUT2D eigenvalue weighted by Gasteiger charge is 2.29. The van der Waals surface area contributed by atoms with Gasteiger partial charge in [0.25, 0.3) is 5.91 Å². The van der Waals surface area contributed by atoms with Gasteiger partial charge in [-0.3, -0.25) is 4.79 Å². The van der Waals surface area contributed by atoms with Crippen LogP contribution in [0.25, 0.3) is 0 Å². The molecular weight excluding hydrogens is 228 g/mol. The number of H-pyrrole nitrogens is 1.